The summed E-state index contributed by atoms with van der Waals surface area (Å²) in [6.45, 7) is 0.229. The van der Waals surface area contributed by atoms with Crippen LogP contribution in [0.2, 0.25) is 0 Å². The van der Waals surface area contributed by atoms with Crippen LogP contribution in [0.15, 0.2) is 84.9 Å². The lowest BCUT2D eigenvalue weighted by atomic mass is 10.3. The molecule has 1 amide bonds. The Morgan fingerprint density at radius 2 is 1.31 bits per heavy atom. The zero-order valence-corrected chi connectivity index (χ0v) is 14.7. The van der Waals surface area contributed by atoms with Gasteiger partial charge in [-0.05, 0) is 60.7 Å². The first-order valence-corrected chi connectivity index (χ1v) is 8.66. The number of amides is 1. The molecule has 0 spiro atoms. The van der Waals surface area contributed by atoms with Crippen molar-refractivity contribution in [2.45, 2.75) is 0 Å². The van der Waals surface area contributed by atoms with Gasteiger partial charge in [-0.2, -0.15) is 0 Å². The Bertz CT molecular complexity index is 927. The molecular weight excluding hydrogens is 344 g/mol. The summed E-state index contributed by atoms with van der Waals surface area (Å²) in [6, 6.07) is 26.6. The number of nitrogens with zero attached hydrogens (tertiary/aromatic N) is 2. The summed E-state index contributed by atoms with van der Waals surface area (Å²) in [5, 5.41) is 0.484. The fourth-order valence-corrected chi connectivity index (χ4v) is 3.23. The molecular formula is C21H16N2O2S. The fraction of sp³-hybridized carbons (Fsp3) is 0.0476. The van der Waals surface area contributed by atoms with Crippen LogP contribution in [-0.2, 0) is 4.79 Å². The molecule has 1 aliphatic heterocycles. The van der Waals surface area contributed by atoms with E-state index in [4.69, 9.17) is 17.0 Å². The van der Waals surface area contributed by atoms with Gasteiger partial charge in [0.25, 0.3) is 5.91 Å². The number of ether oxygens (including phenoxy) is 1. The van der Waals surface area contributed by atoms with Gasteiger partial charge < -0.3 is 9.64 Å². The van der Waals surface area contributed by atoms with Crippen molar-refractivity contribution in [1.82, 2.24) is 0 Å². The van der Waals surface area contributed by atoms with Crippen LogP contribution in [-0.4, -0.2) is 17.6 Å². The number of rotatable bonds is 4. The molecule has 0 saturated carbocycles. The van der Waals surface area contributed by atoms with E-state index in [9.17, 15) is 4.79 Å². The average Bonchev–Trinajstić information content (AvgIpc) is 2.98. The molecule has 0 radical (unpaired) electrons. The van der Waals surface area contributed by atoms with E-state index in [2.05, 4.69) is 0 Å². The van der Waals surface area contributed by atoms with E-state index < -0.39 is 0 Å². The number of carbonyl (C=O) groups excluding carboxylic acids is 1. The van der Waals surface area contributed by atoms with Crippen molar-refractivity contribution in [3.63, 3.8) is 0 Å². The summed E-state index contributed by atoms with van der Waals surface area (Å²) < 4.78 is 5.81. The third-order valence-corrected chi connectivity index (χ3v) is 4.51. The fourth-order valence-electron chi connectivity index (χ4n) is 2.85. The molecule has 0 N–H and O–H groups in total. The molecule has 5 heteroatoms. The minimum Gasteiger partial charge on any atom is -0.457 e. The van der Waals surface area contributed by atoms with Crippen molar-refractivity contribution in [2.75, 3.05) is 16.3 Å². The molecule has 3 aromatic rings. The van der Waals surface area contributed by atoms with Crippen LogP contribution < -0.4 is 14.5 Å². The normalized spacial score (nSPS) is 14.0. The predicted molar refractivity (Wildman–Crippen MR) is 107 cm³/mol. The standard InChI is InChI=1S/C21H16N2O2S/c24-20-15-22(21(26)23(20)17-7-3-1-4-8-17)16-11-13-19(14-12-16)25-18-9-5-2-6-10-18/h1-14H,15H2. The van der Waals surface area contributed by atoms with E-state index in [0.717, 1.165) is 22.9 Å². The van der Waals surface area contributed by atoms with Crippen LogP contribution in [0.1, 0.15) is 0 Å². The van der Waals surface area contributed by atoms with Crippen molar-refractivity contribution < 1.29 is 9.53 Å². The molecule has 4 nitrogen and oxygen atoms in total. The van der Waals surface area contributed by atoms with E-state index in [0.29, 0.717) is 5.11 Å². The van der Waals surface area contributed by atoms with Gasteiger partial charge in [0.2, 0.25) is 0 Å². The summed E-state index contributed by atoms with van der Waals surface area (Å²) in [4.78, 5) is 15.9. The minimum absolute atomic E-state index is 0.0363. The predicted octanol–water partition coefficient (Wildman–Crippen LogP) is 4.62. The van der Waals surface area contributed by atoms with Gasteiger partial charge in [-0.15, -0.1) is 0 Å². The summed E-state index contributed by atoms with van der Waals surface area (Å²) in [6.07, 6.45) is 0. The molecule has 0 unspecified atom stereocenters. The highest BCUT2D eigenvalue weighted by Crippen LogP contribution is 2.28. The second-order valence-electron chi connectivity index (χ2n) is 5.84. The van der Waals surface area contributed by atoms with Gasteiger partial charge in [0, 0.05) is 5.69 Å². The number of hydrogen-bond acceptors (Lipinski definition) is 3. The SMILES string of the molecule is O=C1CN(c2ccc(Oc3ccccc3)cc2)C(=S)N1c1ccccc1. The first-order chi connectivity index (χ1) is 12.7. The van der Waals surface area contributed by atoms with Crippen LogP contribution in [0.3, 0.4) is 0 Å². The molecule has 1 aliphatic rings. The molecule has 1 saturated heterocycles. The maximum Gasteiger partial charge on any atom is 0.253 e. The van der Waals surface area contributed by atoms with E-state index in [1.54, 1.807) is 4.90 Å². The Hall–Kier alpha value is -3.18. The van der Waals surface area contributed by atoms with Crippen molar-refractivity contribution >= 4 is 34.6 Å². The molecule has 0 aromatic heterocycles. The van der Waals surface area contributed by atoms with Crippen LogP contribution in [0, 0.1) is 0 Å². The molecule has 3 aromatic carbocycles. The maximum atomic E-state index is 12.4. The quantitative estimate of drug-likeness (QED) is 0.636. The van der Waals surface area contributed by atoms with Crippen molar-refractivity contribution in [2.24, 2.45) is 0 Å². The molecule has 0 atom stereocenters. The molecule has 0 aliphatic carbocycles. The highest BCUT2D eigenvalue weighted by molar-refractivity contribution is 7.81. The number of benzene rings is 3. The Labute approximate surface area is 157 Å². The summed E-state index contributed by atoms with van der Waals surface area (Å²) in [5.74, 6) is 1.48. The minimum atomic E-state index is -0.0363. The largest absolute Gasteiger partial charge is 0.457 e. The zero-order chi connectivity index (χ0) is 17.9. The van der Waals surface area contributed by atoms with Crippen molar-refractivity contribution in [3.8, 4) is 11.5 Å². The molecule has 1 heterocycles. The van der Waals surface area contributed by atoms with Gasteiger partial charge in [-0.25, -0.2) is 0 Å². The van der Waals surface area contributed by atoms with Gasteiger partial charge in [0.15, 0.2) is 5.11 Å². The first kappa shape index (κ1) is 16.3. The number of thiocarbonyl (C=S) groups is 1. The average molecular weight is 360 g/mol. The lowest BCUT2D eigenvalue weighted by molar-refractivity contribution is -0.115. The molecule has 4 rings (SSSR count). The zero-order valence-electron chi connectivity index (χ0n) is 13.9. The Morgan fingerprint density at radius 1 is 0.731 bits per heavy atom. The van der Waals surface area contributed by atoms with E-state index in [1.807, 2.05) is 89.8 Å². The lowest BCUT2D eigenvalue weighted by Crippen LogP contribution is -2.32. The monoisotopic (exact) mass is 360 g/mol. The molecule has 0 bridgehead atoms. The summed E-state index contributed by atoms with van der Waals surface area (Å²) in [7, 11) is 0. The topological polar surface area (TPSA) is 32.8 Å². The van der Waals surface area contributed by atoms with E-state index in [-0.39, 0.29) is 12.5 Å². The van der Waals surface area contributed by atoms with Crippen LogP contribution in [0.5, 0.6) is 11.5 Å². The third kappa shape index (κ3) is 3.17. The number of hydrogen-bond donors (Lipinski definition) is 0. The van der Waals surface area contributed by atoms with Crippen LogP contribution >= 0.6 is 12.2 Å². The Morgan fingerprint density at radius 3 is 1.96 bits per heavy atom. The summed E-state index contributed by atoms with van der Waals surface area (Å²) >= 11 is 5.54. The van der Waals surface area contributed by atoms with Gasteiger partial charge >= 0.3 is 0 Å². The summed E-state index contributed by atoms with van der Waals surface area (Å²) in [5.41, 5.74) is 1.65. The third-order valence-electron chi connectivity index (χ3n) is 4.11. The number of anilines is 2. The van der Waals surface area contributed by atoms with Crippen LogP contribution in [0.25, 0.3) is 0 Å². The number of carbonyl (C=O) groups is 1. The molecule has 26 heavy (non-hydrogen) atoms. The Kier molecular flexibility index (Phi) is 4.37. The number of para-hydroxylation sites is 2. The maximum absolute atomic E-state index is 12.4. The molecule has 1 fully saturated rings. The van der Waals surface area contributed by atoms with E-state index >= 15 is 0 Å². The lowest BCUT2D eigenvalue weighted by Gasteiger charge is -2.20. The van der Waals surface area contributed by atoms with E-state index in [1.165, 1.54) is 0 Å². The second-order valence-corrected chi connectivity index (χ2v) is 6.21. The second kappa shape index (κ2) is 6.98. The molecule has 128 valence electrons. The van der Waals surface area contributed by atoms with Crippen molar-refractivity contribution in [1.29, 1.82) is 0 Å². The van der Waals surface area contributed by atoms with Crippen molar-refractivity contribution in [3.05, 3.63) is 84.9 Å². The Balaban J connectivity index is 1.53. The highest BCUT2D eigenvalue weighted by Gasteiger charge is 2.34. The van der Waals surface area contributed by atoms with Gasteiger partial charge in [0.05, 0.1) is 5.69 Å². The van der Waals surface area contributed by atoms with Gasteiger partial charge in [-0.3, -0.25) is 9.69 Å². The highest BCUT2D eigenvalue weighted by atomic mass is 32.1. The van der Waals surface area contributed by atoms with Crippen LogP contribution in [0.4, 0.5) is 11.4 Å². The van der Waals surface area contributed by atoms with Gasteiger partial charge in [0.1, 0.15) is 18.0 Å². The first-order valence-electron chi connectivity index (χ1n) is 8.25. The smallest absolute Gasteiger partial charge is 0.253 e. The van der Waals surface area contributed by atoms with Gasteiger partial charge in [-0.1, -0.05) is 36.4 Å².